The van der Waals surface area contributed by atoms with Gasteiger partial charge in [0.05, 0.1) is 38.1 Å². The maximum Gasteiger partial charge on any atom is 0.573 e. The van der Waals surface area contributed by atoms with Crippen LogP contribution in [0.15, 0.2) is 6.20 Å². The number of halogens is 3. The van der Waals surface area contributed by atoms with Gasteiger partial charge in [-0.1, -0.05) is 0 Å². The number of pyridine rings is 1. The van der Waals surface area contributed by atoms with Gasteiger partial charge in [0.25, 0.3) is 0 Å². The fourth-order valence-electron chi connectivity index (χ4n) is 1.43. The van der Waals surface area contributed by atoms with E-state index in [9.17, 15) is 18.0 Å². The number of carbonyl (C=O) groups is 1. The van der Waals surface area contributed by atoms with Crippen LogP contribution in [0, 0.1) is 6.92 Å². The van der Waals surface area contributed by atoms with Gasteiger partial charge >= 0.3 is 12.3 Å². The molecule has 0 saturated heterocycles. The minimum absolute atomic E-state index is 0.00275. The molecular formula is C11H12F3NO4. The van der Waals surface area contributed by atoms with Gasteiger partial charge < -0.3 is 14.2 Å². The second-order valence-electron chi connectivity index (χ2n) is 3.52. The smallest absolute Gasteiger partial charge is 0.495 e. The lowest BCUT2D eigenvalue weighted by Gasteiger charge is -2.16. The number of esters is 1. The second-order valence-corrected chi connectivity index (χ2v) is 3.52. The first-order chi connectivity index (χ1) is 8.78. The molecule has 0 N–H and O–H groups in total. The molecule has 8 heteroatoms. The average Bonchev–Trinajstić information content (AvgIpc) is 2.32. The predicted molar refractivity (Wildman–Crippen MR) is 57.9 cm³/mol. The molecule has 0 aliphatic carbocycles. The Balaban J connectivity index is 3.28. The molecule has 0 spiro atoms. The molecule has 106 valence electrons. The monoisotopic (exact) mass is 279 g/mol. The Morgan fingerprint density at radius 3 is 2.47 bits per heavy atom. The van der Waals surface area contributed by atoms with Crippen LogP contribution in [0.1, 0.15) is 11.3 Å². The summed E-state index contributed by atoms with van der Waals surface area (Å²) in [5, 5.41) is 0. The van der Waals surface area contributed by atoms with Crippen LogP contribution >= 0.6 is 0 Å². The average molecular weight is 279 g/mol. The molecule has 0 radical (unpaired) electrons. The largest absolute Gasteiger partial charge is 0.573 e. The van der Waals surface area contributed by atoms with Gasteiger partial charge in [0, 0.05) is 0 Å². The molecule has 1 rings (SSSR count). The highest BCUT2D eigenvalue weighted by molar-refractivity contribution is 5.75. The predicted octanol–water partition coefficient (Wildman–Crippen LogP) is 2.01. The van der Waals surface area contributed by atoms with E-state index in [0.717, 1.165) is 7.11 Å². The highest BCUT2D eigenvalue weighted by Crippen LogP contribution is 2.34. The van der Waals surface area contributed by atoms with Crippen LogP contribution in [0.3, 0.4) is 0 Å². The molecule has 0 amide bonds. The minimum atomic E-state index is -4.89. The summed E-state index contributed by atoms with van der Waals surface area (Å²) >= 11 is 0. The summed E-state index contributed by atoms with van der Waals surface area (Å²) in [7, 11) is 2.39. The summed E-state index contributed by atoms with van der Waals surface area (Å²) in [6.07, 6.45) is -4.07. The zero-order valence-electron chi connectivity index (χ0n) is 10.5. The van der Waals surface area contributed by atoms with Crippen molar-refractivity contribution in [2.24, 2.45) is 0 Å². The van der Waals surface area contributed by atoms with Crippen LogP contribution in [0.4, 0.5) is 13.2 Å². The van der Waals surface area contributed by atoms with E-state index in [-0.39, 0.29) is 17.0 Å². The molecule has 19 heavy (non-hydrogen) atoms. The maximum atomic E-state index is 12.3. The van der Waals surface area contributed by atoms with Crippen LogP contribution in [0.25, 0.3) is 0 Å². The van der Waals surface area contributed by atoms with Crippen LogP contribution in [-0.4, -0.2) is 31.5 Å². The van der Waals surface area contributed by atoms with E-state index in [1.165, 1.54) is 20.2 Å². The van der Waals surface area contributed by atoms with E-state index < -0.39 is 24.5 Å². The number of hydrogen-bond acceptors (Lipinski definition) is 5. The van der Waals surface area contributed by atoms with E-state index in [4.69, 9.17) is 4.74 Å². The number of carbonyl (C=O) groups excluding carboxylic acids is 1. The van der Waals surface area contributed by atoms with Gasteiger partial charge in [0.2, 0.25) is 0 Å². The number of aryl methyl sites for hydroxylation is 1. The van der Waals surface area contributed by atoms with E-state index in [1.54, 1.807) is 0 Å². The maximum absolute atomic E-state index is 12.3. The van der Waals surface area contributed by atoms with Crippen molar-refractivity contribution in [3.8, 4) is 11.5 Å². The summed E-state index contributed by atoms with van der Waals surface area (Å²) < 4.78 is 50.3. The van der Waals surface area contributed by atoms with Crippen molar-refractivity contribution in [1.82, 2.24) is 4.98 Å². The van der Waals surface area contributed by atoms with E-state index >= 15 is 0 Å². The van der Waals surface area contributed by atoms with E-state index in [1.807, 2.05) is 0 Å². The van der Waals surface area contributed by atoms with Gasteiger partial charge in [-0.05, 0) is 6.92 Å². The van der Waals surface area contributed by atoms with E-state index in [2.05, 4.69) is 14.5 Å². The van der Waals surface area contributed by atoms with Crippen molar-refractivity contribution >= 4 is 5.97 Å². The van der Waals surface area contributed by atoms with Crippen molar-refractivity contribution < 1.29 is 32.2 Å². The molecule has 0 aliphatic rings. The first-order valence-corrected chi connectivity index (χ1v) is 5.13. The van der Waals surface area contributed by atoms with Gasteiger partial charge in [-0.25, -0.2) is 0 Å². The standard InChI is InChI=1S/C11H12F3NO4/c1-6-10(19-11(12,13)14)7(4-9(16)18-3)8(17-2)5-15-6/h5H,4H2,1-3H3. The third-order valence-corrected chi connectivity index (χ3v) is 2.26. The third-order valence-electron chi connectivity index (χ3n) is 2.26. The number of hydrogen-bond donors (Lipinski definition) is 0. The molecule has 1 aromatic rings. The summed E-state index contributed by atoms with van der Waals surface area (Å²) in [6, 6.07) is 0. The zero-order valence-corrected chi connectivity index (χ0v) is 10.5. The number of methoxy groups -OCH3 is 2. The summed E-state index contributed by atoms with van der Waals surface area (Å²) in [4.78, 5) is 15.0. The van der Waals surface area contributed by atoms with Crippen molar-refractivity contribution in [1.29, 1.82) is 0 Å². The van der Waals surface area contributed by atoms with Gasteiger partial charge in [0.1, 0.15) is 5.75 Å². The number of nitrogens with zero attached hydrogens (tertiary/aromatic N) is 1. The molecule has 5 nitrogen and oxygen atoms in total. The molecule has 0 saturated carbocycles. The molecule has 0 atom stereocenters. The number of aromatic nitrogens is 1. The Kier molecular flexibility index (Phi) is 4.57. The fourth-order valence-corrected chi connectivity index (χ4v) is 1.43. The lowest BCUT2D eigenvalue weighted by Crippen LogP contribution is -2.20. The second kappa shape index (κ2) is 5.77. The van der Waals surface area contributed by atoms with Crippen molar-refractivity contribution in [2.75, 3.05) is 14.2 Å². The molecule has 0 fully saturated rings. The minimum Gasteiger partial charge on any atom is -0.495 e. The highest BCUT2D eigenvalue weighted by Gasteiger charge is 2.34. The molecule has 0 aromatic carbocycles. The summed E-state index contributed by atoms with van der Waals surface area (Å²) in [5.74, 6) is -1.23. The van der Waals surface area contributed by atoms with E-state index in [0.29, 0.717) is 0 Å². The van der Waals surface area contributed by atoms with Crippen LogP contribution in [-0.2, 0) is 16.0 Å². The number of ether oxygens (including phenoxy) is 3. The Labute approximate surface area is 107 Å². The Hall–Kier alpha value is -1.99. The lowest BCUT2D eigenvalue weighted by molar-refractivity contribution is -0.275. The number of alkyl halides is 3. The molecule has 0 unspecified atom stereocenters. The third kappa shape index (κ3) is 4.01. The van der Waals surface area contributed by atoms with Crippen molar-refractivity contribution in [2.45, 2.75) is 19.7 Å². The molecule has 0 aliphatic heterocycles. The van der Waals surface area contributed by atoms with Gasteiger partial charge in [-0.2, -0.15) is 0 Å². The Morgan fingerprint density at radius 1 is 1.37 bits per heavy atom. The Bertz CT molecular complexity index is 474. The fraction of sp³-hybridized carbons (Fsp3) is 0.455. The molecule has 1 heterocycles. The topological polar surface area (TPSA) is 57.7 Å². The SMILES string of the molecule is COC(=O)Cc1c(OC)cnc(C)c1OC(F)(F)F. The quantitative estimate of drug-likeness (QED) is 0.789. The van der Waals surface area contributed by atoms with Gasteiger partial charge in [-0.3, -0.25) is 9.78 Å². The molecule has 1 aromatic heterocycles. The Morgan fingerprint density at radius 2 is 2.00 bits per heavy atom. The first kappa shape index (κ1) is 15.1. The number of rotatable bonds is 4. The van der Waals surface area contributed by atoms with Crippen LogP contribution < -0.4 is 9.47 Å². The molecule has 0 bridgehead atoms. The van der Waals surface area contributed by atoms with Crippen LogP contribution in [0.5, 0.6) is 11.5 Å². The zero-order chi connectivity index (χ0) is 14.6. The highest BCUT2D eigenvalue weighted by atomic mass is 19.4. The summed E-state index contributed by atoms with van der Waals surface area (Å²) in [5.41, 5.74) is -0.0591. The molecular weight excluding hydrogens is 267 g/mol. The normalized spacial score (nSPS) is 11.1. The summed E-state index contributed by atoms with van der Waals surface area (Å²) in [6.45, 7) is 1.33. The van der Waals surface area contributed by atoms with Crippen molar-refractivity contribution in [3.63, 3.8) is 0 Å². The first-order valence-electron chi connectivity index (χ1n) is 5.13. The van der Waals surface area contributed by atoms with Crippen LogP contribution in [0.2, 0.25) is 0 Å². The lowest BCUT2D eigenvalue weighted by atomic mass is 10.1. The van der Waals surface area contributed by atoms with Gasteiger partial charge in [-0.15, -0.1) is 13.2 Å². The van der Waals surface area contributed by atoms with Gasteiger partial charge in [0.15, 0.2) is 5.75 Å². The van der Waals surface area contributed by atoms with Crippen molar-refractivity contribution in [3.05, 3.63) is 17.5 Å².